The summed E-state index contributed by atoms with van der Waals surface area (Å²) in [7, 11) is 0. The van der Waals surface area contributed by atoms with E-state index in [0.717, 1.165) is 0 Å². The number of rotatable bonds is 3. The number of nitriles is 1. The molecule has 1 heterocycles. The van der Waals surface area contributed by atoms with E-state index in [-0.39, 0.29) is 11.1 Å². The number of ether oxygens (including phenoxy) is 2. The van der Waals surface area contributed by atoms with Crippen molar-refractivity contribution >= 4 is 23.5 Å². The van der Waals surface area contributed by atoms with E-state index in [2.05, 4.69) is 0 Å². The Hall–Kier alpha value is -2.84. The summed E-state index contributed by atoms with van der Waals surface area (Å²) < 4.78 is 24.6. The van der Waals surface area contributed by atoms with Gasteiger partial charge in [-0.05, 0) is 35.9 Å². The van der Waals surface area contributed by atoms with Gasteiger partial charge in [0.05, 0.1) is 10.6 Å². The Balaban J connectivity index is 2.00. The van der Waals surface area contributed by atoms with Crippen LogP contribution in [-0.2, 0) is 0 Å². The Bertz CT molecular complexity index is 886. The van der Waals surface area contributed by atoms with Crippen LogP contribution in [0.2, 0.25) is 5.02 Å². The second-order valence-corrected chi connectivity index (χ2v) is 5.41. The molecule has 2 aromatic rings. The molecule has 0 atom stereocenters. The second kappa shape index (κ2) is 6.73. The van der Waals surface area contributed by atoms with Crippen LogP contribution < -0.4 is 9.47 Å². The van der Waals surface area contributed by atoms with Crippen LogP contribution in [0.1, 0.15) is 15.9 Å². The minimum absolute atomic E-state index is 0.158. The first-order valence-corrected chi connectivity index (χ1v) is 7.48. The maximum atomic E-state index is 13.7. The largest absolute Gasteiger partial charge is 0.486 e. The fraction of sp³-hybridized carbons (Fsp3) is 0.111. The molecule has 4 nitrogen and oxygen atoms in total. The number of ketones is 1. The average molecular weight is 344 g/mol. The quantitative estimate of drug-likeness (QED) is 0.479. The van der Waals surface area contributed by atoms with E-state index in [0.29, 0.717) is 35.3 Å². The van der Waals surface area contributed by atoms with E-state index in [4.69, 9.17) is 21.1 Å². The Labute approximate surface area is 142 Å². The number of benzene rings is 2. The van der Waals surface area contributed by atoms with Gasteiger partial charge in [-0.2, -0.15) is 5.26 Å². The number of fused-ring (bicyclic) bond motifs is 1. The molecule has 0 aromatic heterocycles. The third kappa shape index (κ3) is 3.10. The Morgan fingerprint density at radius 3 is 2.75 bits per heavy atom. The van der Waals surface area contributed by atoms with E-state index in [1.165, 1.54) is 30.3 Å². The number of halogens is 2. The van der Waals surface area contributed by atoms with Gasteiger partial charge in [0.15, 0.2) is 11.5 Å². The highest BCUT2D eigenvalue weighted by Crippen LogP contribution is 2.38. The van der Waals surface area contributed by atoms with Gasteiger partial charge in [-0.15, -0.1) is 0 Å². The molecule has 0 saturated heterocycles. The molecule has 0 aliphatic carbocycles. The predicted octanol–water partition coefficient (Wildman–Crippen LogP) is 4.04. The summed E-state index contributed by atoms with van der Waals surface area (Å²) in [5.74, 6) is -0.500. The third-order valence-corrected chi connectivity index (χ3v) is 3.69. The maximum absolute atomic E-state index is 13.7. The van der Waals surface area contributed by atoms with Crippen molar-refractivity contribution in [2.75, 3.05) is 13.2 Å². The molecule has 0 amide bonds. The fourth-order valence-corrected chi connectivity index (χ4v) is 2.59. The summed E-state index contributed by atoms with van der Waals surface area (Å²) in [6, 6.07) is 10.5. The van der Waals surface area contributed by atoms with E-state index >= 15 is 0 Å². The molecule has 0 N–H and O–H groups in total. The normalized spacial score (nSPS) is 13.3. The number of nitrogens with zero attached hydrogens (tertiary/aromatic N) is 1. The summed E-state index contributed by atoms with van der Waals surface area (Å²) in [6.07, 6.45) is 1.35. The van der Waals surface area contributed by atoms with Gasteiger partial charge in [0.2, 0.25) is 5.78 Å². The molecule has 0 unspecified atom stereocenters. The first-order valence-electron chi connectivity index (χ1n) is 7.10. The molecule has 2 aromatic carbocycles. The van der Waals surface area contributed by atoms with Crippen molar-refractivity contribution in [3.63, 3.8) is 0 Å². The highest BCUT2D eigenvalue weighted by Gasteiger charge is 2.19. The lowest BCUT2D eigenvalue weighted by Crippen LogP contribution is -2.15. The zero-order valence-electron chi connectivity index (χ0n) is 12.4. The average Bonchev–Trinajstić information content (AvgIpc) is 2.59. The van der Waals surface area contributed by atoms with Crippen LogP contribution in [0.15, 0.2) is 42.0 Å². The van der Waals surface area contributed by atoms with Crippen molar-refractivity contribution in [1.82, 2.24) is 0 Å². The molecule has 0 bridgehead atoms. The topological polar surface area (TPSA) is 59.3 Å². The monoisotopic (exact) mass is 343 g/mol. The first-order chi connectivity index (χ1) is 11.6. The van der Waals surface area contributed by atoms with Crippen LogP contribution in [-0.4, -0.2) is 19.0 Å². The van der Waals surface area contributed by atoms with Crippen LogP contribution >= 0.6 is 11.6 Å². The molecular weight excluding hydrogens is 333 g/mol. The second-order valence-electron chi connectivity index (χ2n) is 5.01. The van der Waals surface area contributed by atoms with Gasteiger partial charge in [0.1, 0.15) is 30.7 Å². The Kier molecular flexibility index (Phi) is 4.50. The zero-order chi connectivity index (χ0) is 17.1. The molecule has 0 saturated carbocycles. The first kappa shape index (κ1) is 16.0. The lowest BCUT2D eigenvalue weighted by molar-refractivity contribution is 0.103. The zero-order valence-corrected chi connectivity index (χ0v) is 13.1. The van der Waals surface area contributed by atoms with E-state index in [1.807, 2.05) is 0 Å². The lowest BCUT2D eigenvalue weighted by atomic mass is 10.0. The minimum atomic E-state index is -0.693. The molecule has 0 fully saturated rings. The SMILES string of the molecule is N#C/C(=C\c1cc(Cl)c2c(c1)OCCO2)C(=O)c1ccccc1F. The number of hydrogen-bond donors (Lipinski definition) is 0. The van der Waals surface area contributed by atoms with Gasteiger partial charge in [0.25, 0.3) is 0 Å². The van der Waals surface area contributed by atoms with Gasteiger partial charge in [-0.25, -0.2) is 4.39 Å². The predicted molar refractivity (Wildman–Crippen MR) is 86.8 cm³/mol. The molecule has 1 aliphatic heterocycles. The number of allylic oxidation sites excluding steroid dienone is 1. The van der Waals surface area contributed by atoms with Gasteiger partial charge in [-0.1, -0.05) is 23.7 Å². The highest BCUT2D eigenvalue weighted by atomic mass is 35.5. The smallest absolute Gasteiger partial charge is 0.206 e. The molecule has 6 heteroatoms. The molecule has 120 valence electrons. The summed E-state index contributed by atoms with van der Waals surface area (Å²) in [5, 5.41) is 9.58. The van der Waals surface area contributed by atoms with Crippen molar-refractivity contribution in [2.45, 2.75) is 0 Å². The summed E-state index contributed by atoms with van der Waals surface area (Å²) in [6.45, 7) is 0.785. The van der Waals surface area contributed by atoms with E-state index < -0.39 is 11.6 Å². The molecule has 0 spiro atoms. The van der Waals surface area contributed by atoms with Crippen molar-refractivity contribution in [3.8, 4) is 17.6 Å². The van der Waals surface area contributed by atoms with Gasteiger partial charge < -0.3 is 9.47 Å². The summed E-state index contributed by atoms with van der Waals surface area (Å²) in [5.41, 5.74) is 0.132. The van der Waals surface area contributed by atoms with Crippen molar-refractivity contribution in [3.05, 3.63) is 63.9 Å². The molecular formula is C18H11ClFNO3. The summed E-state index contributed by atoms with van der Waals surface area (Å²) in [4.78, 5) is 12.4. The van der Waals surface area contributed by atoms with Gasteiger partial charge in [-0.3, -0.25) is 4.79 Å². The van der Waals surface area contributed by atoms with Crippen LogP contribution in [0.5, 0.6) is 11.5 Å². The van der Waals surface area contributed by atoms with Gasteiger partial charge in [0, 0.05) is 0 Å². The number of carbonyl (C=O) groups excluding carboxylic acids is 1. The molecule has 24 heavy (non-hydrogen) atoms. The Morgan fingerprint density at radius 2 is 2.00 bits per heavy atom. The number of hydrogen-bond acceptors (Lipinski definition) is 4. The van der Waals surface area contributed by atoms with E-state index in [1.54, 1.807) is 18.2 Å². The van der Waals surface area contributed by atoms with Crippen LogP contribution in [0.3, 0.4) is 0 Å². The minimum Gasteiger partial charge on any atom is -0.486 e. The standard InChI is InChI=1S/C18H11ClFNO3/c19-14-8-11(9-16-18(14)24-6-5-23-16)7-12(10-21)17(22)13-3-1-2-4-15(13)20/h1-4,7-9H,5-6H2/b12-7+. The third-order valence-electron chi connectivity index (χ3n) is 3.41. The van der Waals surface area contributed by atoms with Gasteiger partial charge >= 0.3 is 0 Å². The van der Waals surface area contributed by atoms with Crippen molar-refractivity contribution in [1.29, 1.82) is 5.26 Å². The maximum Gasteiger partial charge on any atom is 0.206 e. The van der Waals surface area contributed by atoms with Crippen LogP contribution in [0.25, 0.3) is 6.08 Å². The van der Waals surface area contributed by atoms with Crippen molar-refractivity contribution in [2.24, 2.45) is 0 Å². The lowest BCUT2D eigenvalue weighted by Gasteiger charge is -2.19. The van der Waals surface area contributed by atoms with E-state index in [9.17, 15) is 14.4 Å². The highest BCUT2D eigenvalue weighted by molar-refractivity contribution is 6.32. The van der Waals surface area contributed by atoms with Crippen LogP contribution in [0.4, 0.5) is 4.39 Å². The molecule has 0 radical (unpaired) electrons. The number of carbonyl (C=O) groups is 1. The Morgan fingerprint density at radius 1 is 1.25 bits per heavy atom. The van der Waals surface area contributed by atoms with Crippen LogP contribution in [0, 0.1) is 17.1 Å². The fourth-order valence-electron chi connectivity index (χ4n) is 2.32. The molecule has 3 rings (SSSR count). The molecule has 1 aliphatic rings. The van der Waals surface area contributed by atoms with Crippen molar-refractivity contribution < 1.29 is 18.7 Å². The summed E-state index contributed by atoms with van der Waals surface area (Å²) >= 11 is 6.13. The number of Topliss-reactive ketones (excluding diaryl/α,β-unsaturated/α-hetero) is 1.